The second-order valence-corrected chi connectivity index (χ2v) is 4.93. The molecule has 1 amide bonds. The van der Waals surface area contributed by atoms with Gasteiger partial charge in [-0.05, 0) is 32.9 Å². The average molecular weight is 316 g/mol. The number of carbonyl (C=O) groups is 2. The van der Waals surface area contributed by atoms with E-state index in [9.17, 15) is 9.59 Å². The van der Waals surface area contributed by atoms with Crippen LogP contribution in [0.25, 0.3) is 6.08 Å². The molecule has 0 aliphatic carbocycles. The number of benzene rings is 1. The molecule has 1 rings (SSSR count). The summed E-state index contributed by atoms with van der Waals surface area (Å²) in [6.45, 7) is 5.37. The van der Waals surface area contributed by atoms with Gasteiger partial charge in [-0.15, -0.1) is 0 Å². The van der Waals surface area contributed by atoms with Crippen LogP contribution in [0.1, 0.15) is 26.3 Å². The lowest BCUT2D eigenvalue weighted by Crippen LogP contribution is -2.30. The van der Waals surface area contributed by atoms with Crippen LogP contribution in [-0.2, 0) is 14.3 Å². The van der Waals surface area contributed by atoms with Crippen molar-refractivity contribution in [2.75, 3.05) is 13.2 Å². The summed E-state index contributed by atoms with van der Waals surface area (Å²) in [6, 6.07) is 8.63. The SMILES string of the molecule is CCOC(=O)COc1ccccc1/C=C(/C#N)C(=O)NC(C)C. The zero-order chi connectivity index (χ0) is 17.2. The highest BCUT2D eigenvalue weighted by Gasteiger charge is 2.12. The maximum absolute atomic E-state index is 11.9. The van der Waals surface area contributed by atoms with Gasteiger partial charge >= 0.3 is 5.97 Å². The summed E-state index contributed by atoms with van der Waals surface area (Å²) in [5, 5.41) is 11.8. The van der Waals surface area contributed by atoms with Crippen LogP contribution < -0.4 is 10.1 Å². The molecular formula is C17H20N2O4. The van der Waals surface area contributed by atoms with E-state index in [4.69, 9.17) is 14.7 Å². The van der Waals surface area contributed by atoms with Crippen molar-refractivity contribution < 1.29 is 19.1 Å². The number of ether oxygens (including phenoxy) is 2. The number of esters is 1. The molecule has 0 heterocycles. The minimum atomic E-state index is -0.482. The summed E-state index contributed by atoms with van der Waals surface area (Å²) in [5.74, 6) is -0.544. The number of nitrogens with zero attached hydrogens (tertiary/aromatic N) is 1. The van der Waals surface area contributed by atoms with E-state index < -0.39 is 11.9 Å². The third-order valence-electron chi connectivity index (χ3n) is 2.65. The third kappa shape index (κ3) is 6.22. The van der Waals surface area contributed by atoms with E-state index in [0.717, 1.165) is 0 Å². The van der Waals surface area contributed by atoms with E-state index in [0.29, 0.717) is 11.3 Å². The lowest BCUT2D eigenvalue weighted by atomic mass is 10.1. The van der Waals surface area contributed by atoms with E-state index in [1.54, 1.807) is 31.2 Å². The number of nitrogens with one attached hydrogen (secondary N) is 1. The lowest BCUT2D eigenvalue weighted by Gasteiger charge is -2.10. The summed E-state index contributed by atoms with van der Waals surface area (Å²) in [4.78, 5) is 23.3. The Morgan fingerprint density at radius 1 is 1.35 bits per heavy atom. The summed E-state index contributed by atoms with van der Waals surface area (Å²) >= 11 is 0. The normalized spacial score (nSPS) is 10.8. The number of nitriles is 1. The van der Waals surface area contributed by atoms with Crippen molar-refractivity contribution in [3.63, 3.8) is 0 Å². The molecule has 122 valence electrons. The van der Waals surface area contributed by atoms with Crippen LogP contribution in [0.5, 0.6) is 5.75 Å². The van der Waals surface area contributed by atoms with Crippen LogP contribution in [-0.4, -0.2) is 31.1 Å². The summed E-state index contributed by atoms with van der Waals surface area (Å²) in [5.41, 5.74) is 0.498. The fourth-order valence-electron chi connectivity index (χ4n) is 1.71. The first-order valence-corrected chi connectivity index (χ1v) is 7.28. The van der Waals surface area contributed by atoms with Gasteiger partial charge in [0.1, 0.15) is 17.4 Å². The summed E-state index contributed by atoms with van der Waals surface area (Å²) < 4.78 is 10.2. The van der Waals surface area contributed by atoms with E-state index in [1.807, 2.05) is 19.9 Å². The fourth-order valence-corrected chi connectivity index (χ4v) is 1.71. The molecule has 0 radical (unpaired) electrons. The average Bonchev–Trinajstić information content (AvgIpc) is 2.51. The smallest absolute Gasteiger partial charge is 0.344 e. The molecule has 0 unspecified atom stereocenters. The minimum absolute atomic E-state index is 0.0362. The van der Waals surface area contributed by atoms with Gasteiger partial charge in [0, 0.05) is 11.6 Å². The molecule has 23 heavy (non-hydrogen) atoms. The van der Waals surface area contributed by atoms with Crippen molar-refractivity contribution in [1.82, 2.24) is 5.32 Å². The molecule has 0 atom stereocenters. The Morgan fingerprint density at radius 2 is 2.04 bits per heavy atom. The maximum atomic E-state index is 11.9. The zero-order valence-corrected chi connectivity index (χ0v) is 13.5. The molecule has 0 saturated carbocycles. The van der Waals surface area contributed by atoms with Gasteiger partial charge in [-0.25, -0.2) is 4.79 Å². The molecule has 0 spiro atoms. The predicted octanol–water partition coefficient (Wildman–Crippen LogP) is 2.06. The van der Waals surface area contributed by atoms with Gasteiger partial charge in [0.25, 0.3) is 5.91 Å². The maximum Gasteiger partial charge on any atom is 0.344 e. The fraction of sp³-hybridized carbons (Fsp3) is 0.353. The highest BCUT2D eigenvalue weighted by atomic mass is 16.6. The first-order chi connectivity index (χ1) is 11.0. The Hall–Kier alpha value is -2.81. The Bertz CT molecular complexity index is 630. The quantitative estimate of drug-likeness (QED) is 0.472. The highest BCUT2D eigenvalue weighted by molar-refractivity contribution is 6.02. The van der Waals surface area contributed by atoms with Crippen molar-refractivity contribution in [2.45, 2.75) is 26.8 Å². The molecule has 1 aromatic carbocycles. The topological polar surface area (TPSA) is 88.4 Å². The number of rotatable bonds is 7. The van der Waals surface area contributed by atoms with Crippen molar-refractivity contribution in [3.8, 4) is 11.8 Å². The minimum Gasteiger partial charge on any atom is -0.481 e. The molecular weight excluding hydrogens is 296 g/mol. The Morgan fingerprint density at radius 3 is 2.65 bits per heavy atom. The van der Waals surface area contributed by atoms with Crippen molar-refractivity contribution in [1.29, 1.82) is 5.26 Å². The van der Waals surface area contributed by atoms with Gasteiger partial charge < -0.3 is 14.8 Å². The van der Waals surface area contributed by atoms with Gasteiger partial charge in [0.2, 0.25) is 0 Å². The summed E-state index contributed by atoms with van der Waals surface area (Å²) in [6.07, 6.45) is 1.43. The van der Waals surface area contributed by atoms with Gasteiger partial charge in [-0.1, -0.05) is 18.2 Å². The van der Waals surface area contributed by atoms with Crippen LogP contribution in [0.3, 0.4) is 0 Å². The molecule has 6 heteroatoms. The van der Waals surface area contributed by atoms with E-state index in [-0.39, 0.29) is 24.8 Å². The van der Waals surface area contributed by atoms with Crippen molar-refractivity contribution in [2.24, 2.45) is 0 Å². The lowest BCUT2D eigenvalue weighted by molar-refractivity contribution is -0.145. The van der Waals surface area contributed by atoms with Crippen LogP contribution in [0.15, 0.2) is 29.8 Å². The van der Waals surface area contributed by atoms with E-state index in [1.165, 1.54) is 6.08 Å². The van der Waals surface area contributed by atoms with Gasteiger partial charge in [-0.3, -0.25) is 4.79 Å². The van der Waals surface area contributed by atoms with Crippen LogP contribution in [0.4, 0.5) is 0 Å². The number of hydrogen-bond acceptors (Lipinski definition) is 5. The van der Waals surface area contributed by atoms with Crippen LogP contribution in [0, 0.1) is 11.3 Å². The Labute approximate surface area is 135 Å². The Kier molecular flexibility index (Phi) is 7.34. The monoisotopic (exact) mass is 316 g/mol. The van der Waals surface area contributed by atoms with Crippen molar-refractivity contribution in [3.05, 3.63) is 35.4 Å². The van der Waals surface area contributed by atoms with Gasteiger partial charge in [0.15, 0.2) is 6.61 Å². The zero-order valence-electron chi connectivity index (χ0n) is 13.5. The number of hydrogen-bond donors (Lipinski definition) is 1. The van der Waals surface area contributed by atoms with E-state index in [2.05, 4.69) is 5.32 Å². The standard InChI is InChI=1S/C17H20N2O4/c1-4-22-16(20)11-23-15-8-6-5-7-13(15)9-14(10-18)17(21)19-12(2)3/h5-9,12H,4,11H2,1-3H3,(H,19,21)/b14-9-. The molecule has 0 saturated heterocycles. The van der Waals surface area contributed by atoms with Crippen molar-refractivity contribution >= 4 is 18.0 Å². The highest BCUT2D eigenvalue weighted by Crippen LogP contribution is 2.21. The number of para-hydroxylation sites is 1. The largest absolute Gasteiger partial charge is 0.481 e. The van der Waals surface area contributed by atoms with Crippen LogP contribution >= 0.6 is 0 Å². The molecule has 1 aromatic rings. The molecule has 0 aromatic heterocycles. The molecule has 0 fully saturated rings. The first-order valence-electron chi connectivity index (χ1n) is 7.28. The third-order valence-corrected chi connectivity index (χ3v) is 2.65. The molecule has 0 aliphatic heterocycles. The second-order valence-electron chi connectivity index (χ2n) is 4.93. The molecule has 1 N–H and O–H groups in total. The Balaban J connectivity index is 2.94. The number of amides is 1. The number of carbonyl (C=O) groups excluding carboxylic acids is 2. The molecule has 6 nitrogen and oxygen atoms in total. The van der Waals surface area contributed by atoms with E-state index >= 15 is 0 Å². The molecule has 0 bridgehead atoms. The molecule has 0 aliphatic rings. The van der Waals surface area contributed by atoms with Gasteiger partial charge in [-0.2, -0.15) is 5.26 Å². The predicted molar refractivity (Wildman–Crippen MR) is 85.4 cm³/mol. The summed E-state index contributed by atoms with van der Waals surface area (Å²) in [7, 11) is 0. The van der Waals surface area contributed by atoms with Crippen LogP contribution in [0.2, 0.25) is 0 Å². The van der Waals surface area contributed by atoms with Gasteiger partial charge in [0.05, 0.1) is 6.61 Å². The second kappa shape index (κ2) is 9.26. The first kappa shape index (κ1) is 18.2.